The number of methoxy groups -OCH3 is 1. The molecule has 1 aromatic rings. The van der Waals surface area contributed by atoms with Gasteiger partial charge in [-0.05, 0) is 44.0 Å². The van der Waals surface area contributed by atoms with Crippen molar-refractivity contribution in [2.45, 2.75) is 25.8 Å². The van der Waals surface area contributed by atoms with Crippen molar-refractivity contribution in [3.05, 3.63) is 29.8 Å². The molecule has 16 heavy (non-hydrogen) atoms. The van der Waals surface area contributed by atoms with Crippen molar-refractivity contribution in [1.82, 2.24) is 4.90 Å². The van der Waals surface area contributed by atoms with Crippen LogP contribution in [0.25, 0.3) is 0 Å². The summed E-state index contributed by atoms with van der Waals surface area (Å²) in [7, 11) is 1.62. The third-order valence-electron chi connectivity index (χ3n) is 2.93. The highest BCUT2D eigenvalue weighted by Gasteiger charge is 2.31. The number of nitrogens with zero attached hydrogens (tertiary/aromatic N) is 1. The van der Waals surface area contributed by atoms with Crippen LogP contribution in [0.3, 0.4) is 0 Å². The Morgan fingerprint density at radius 2 is 2.00 bits per heavy atom. The summed E-state index contributed by atoms with van der Waals surface area (Å²) in [6.45, 7) is 2.81. The van der Waals surface area contributed by atoms with Gasteiger partial charge < -0.3 is 9.64 Å². The maximum Gasteiger partial charge on any atom is 0.254 e. The normalized spacial score (nSPS) is 14.6. The van der Waals surface area contributed by atoms with E-state index in [4.69, 9.17) is 4.74 Å². The zero-order valence-electron chi connectivity index (χ0n) is 9.77. The zero-order chi connectivity index (χ0) is 11.5. The topological polar surface area (TPSA) is 29.5 Å². The Morgan fingerprint density at radius 1 is 1.38 bits per heavy atom. The number of hydrogen-bond acceptors (Lipinski definition) is 2. The lowest BCUT2D eigenvalue weighted by molar-refractivity contribution is 0.0752. The molecule has 0 aliphatic heterocycles. The van der Waals surface area contributed by atoms with Gasteiger partial charge in [-0.2, -0.15) is 0 Å². The molecule has 1 aliphatic carbocycles. The van der Waals surface area contributed by atoms with Gasteiger partial charge in [0.05, 0.1) is 7.11 Å². The number of ether oxygens (including phenoxy) is 1. The molecular formula is C13H17NO2. The molecule has 1 saturated carbocycles. The van der Waals surface area contributed by atoms with E-state index in [2.05, 4.69) is 0 Å². The first-order chi connectivity index (χ1) is 7.76. The fourth-order valence-electron chi connectivity index (χ4n) is 1.85. The third kappa shape index (κ3) is 2.18. The second-order valence-electron chi connectivity index (χ2n) is 4.05. The summed E-state index contributed by atoms with van der Waals surface area (Å²) >= 11 is 0. The first-order valence-electron chi connectivity index (χ1n) is 5.71. The third-order valence-corrected chi connectivity index (χ3v) is 2.93. The maximum atomic E-state index is 12.1. The number of amides is 1. The molecule has 1 fully saturated rings. The Bertz CT molecular complexity index is 368. The Kier molecular flexibility index (Phi) is 3.13. The van der Waals surface area contributed by atoms with E-state index in [-0.39, 0.29) is 5.91 Å². The van der Waals surface area contributed by atoms with Crippen molar-refractivity contribution in [3.63, 3.8) is 0 Å². The van der Waals surface area contributed by atoms with Crippen LogP contribution in [-0.4, -0.2) is 30.5 Å². The molecule has 0 bridgehead atoms. The first-order valence-corrected chi connectivity index (χ1v) is 5.71. The number of benzene rings is 1. The molecule has 3 heteroatoms. The summed E-state index contributed by atoms with van der Waals surface area (Å²) < 4.78 is 5.07. The minimum Gasteiger partial charge on any atom is -0.497 e. The molecule has 0 unspecified atom stereocenters. The van der Waals surface area contributed by atoms with Crippen LogP contribution in [0.2, 0.25) is 0 Å². The molecule has 0 aromatic heterocycles. The van der Waals surface area contributed by atoms with E-state index in [0.29, 0.717) is 6.04 Å². The molecule has 86 valence electrons. The number of hydrogen-bond donors (Lipinski definition) is 0. The Hall–Kier alpha value is -1.51. The fourth-order valence-corrected chi connectivity index (χ4v) is 1.85. The van der Waals surface area contributed by atoms with Gasteiger partial charge in [-0.25, -0.2) is 0 Å². The van der Waals surface area contributed by atoms with Gasteiger partial charge in [0.25, 0.3) is 5.91 Å². The second kappa shape index (κ2) is 4.56. The highest BCUT2D eigenvalue weighted by Crippen LogP contribution is 2.28. The van der Waals surface area contributed by atoms with Crippen LogP contribution in [0.4, 0.5) is 0 Å². The minimum absolute atomic E-state index is 0.132. The molecule has 0 atom stereocenters. The largest absolute Gasteiger partial charge is 0.497 e. The van der Waals surface area contributed by atoms with Gasteiger partial charge in [0, 0.05) is 18.2 Å². The summed E-state index contributed by atoms with van der Waals surface area (Å²) in [6.07, 6.45) is 2.30. The van der Waals surface area contributed by atoms with Crippen molar-refractivity contribution in [2.24, 2.45) is 0 Å². The minimum atomic E-state index is 0.132. The summed E-state index contributed by atoms with van der Waals surface area (Å²) in [6, 6.07) is 7.78. The van der Waals surface area contributed by atoms with Crippen LogP contribution in [0.5, 0.6) is 5.75 Å². The smallest absolute Gasteiger partial charge is 0.254 e. The van der Waals surface area contributed by atoms with Crippen LogP contribution in [-0.2, 0) is 0 Å². The van der Waals surface area contributed by atoms with E-state index < -0.39 is 0 Å². The van der Waals surface area contributed by atoms with Crippen LogP contribution in [0, 0.1) is 0 Å². The Balaban J connectivity index is 2.12. The Labute approximate surface area is 96.0 Å². The lowest BCUT2D eigenvalue weighted by Crippen LogP contribution is -2.32. The lowest BCUT2D eigenvalue weighted by atomic mass is 10.2. The SMILES string of the molecule is CCN(C(=O)c1ccc(OC)cc1)C1CC1. The van der Waals surface area contributed by atoms with Gasteiger partial charge >= 0.3 is 0 Å². The van der Waals surface area contributed by atoms with Crippen LogP contribution >= 0.6 is 0 Å². The van der Waals surface area contributed by atoms with Gasteiger partial charge in [0.2, 0.25) is 0 Å². The number of carbonyl (C=O) groups is 1. The monoisotopic (exact) mass is 219 g/mol. The van der Waals surface area contributed by atoms with Crippen molar-refractivity contribution < 1.29 is 9.53 Å². The number of rotatable bonds is 4. The van der Waals surface area contributed by atoms with E-state index in [1.54, 1.807) is 7.11 Å². The van der Waals surface area contributed by atoms with E-state index in [1.807, 2.05) is 36.1 Å². The summed E-state index contributed by atoms with van der Waals surface area (Å²) in [4.78, 5) is 14.1. The van der Waals surface area contributed by atoms with E-state index in [1.165, 1.54) is 0 Å². The van der Waals surface area contributed by atoms with Crippen LogP contribution in [0.1, 0.15) is 30.1 Å². The van der Waals surface area contributed by atoms with E-state index in [9.17, 15) is 4.79 Å². The van der Waals surface area contributed by atoms with E-state index in [0.717, 1.165) is 30.7 Å². The first kappa shape index (κ1) is 11.0. The lowest BCUT2D eigenvalue weighted by Gasteiger charge is -2.20. The van der Waals surface area contributed by atoms with Crippen LogP contribution < -0.4 is 4.74 Å². The molecule has 0 radical (unpaired) electrons. The second-order valence-corrected chi connectivity index (χ2v) is 4.05. The molecule has 0 heterocycles. The molecule has 3 nitrogen and oxygen atoms in total. The zero-order valence-corrected chi connectivity index (χ0v) is 9.77. The molecule has 0 saturated heterocycles. The van der Waals surface area contributed by atoms with E-state index >= 15 is 0 Å². The Morgan fingerprint density at radius 3 is 2.44 bits per heavy atom. The van der Waals surface area contributed by atoms with Crippen LogP contribution in [0.15, 0.2) is 24.3 Å². The highest BCUT2D eigenvalue weighted by molar-refractivity contribution is 5.94. The van der Waals surface area contributed by atoms with Crippen molar-refractivity contribution >= 4 is 5.91 Å². The standard InChI is InChI=1S/C13H17NO2/c1-3-14(11-6-7-11)13(15)10-4-8-12(16-2)9-5-10/h4-5,8-9,11H,3,6-7H2,1-2H3. The molecule has 0 N–H and O–H groups in total. The fraction of sp³-hybridized carbons (Fsp3) is 0.462. The summed E-state index contributed by atoms with van der Waals surface area (Å²) in [5.74, 6) is 0.915. The number of carbonyl (C=O) groups excluding carboxylic acids is 1. The molecular weight excluding hydrogens is 202 g/mol. The van der Waals surface area contributed by atoms with Crippen molar-refractivity contribution in [1.29, 1.82) is 0 Å². The van der Waals surface area contributed by atoms with Gasteiger partial charge in [-0.1, -0.05) is 0 Å². The van der Waals surface area contributed by atoms with Gasteiger partial charge in [0.1, 0.15) is 5.75 Å². The highest BCUT2D eigenvalue weighted by atomic mass is 16.5. The molecule has 2 rings (SSSR count). The quantitative estimate of drug-likeness (QED) is 0.777. The van der Waals surface area contributed by atoms with Gasteiger partial charge in [-0.15, -0.1) is 0 Å². The average Bonchev–Trinajstić information content (AvgIpc) is 3.14. The molecule has 0 spiro atoms. The predicted octanol–water partition coefficient (Wildman–Crippen LogP) is 2.32. The summed E-state index contributed by atoms with van der Waals surface area (Å²) in [5, 5.41) is 0. The summed E-state index contributed by atoms with van der Waals surface area (Å²) in [5.41, 5.74) is 0.745. The van der Waals surface area contributed by atoms with Crippen molar-refractivity contribution in [2.75, 3.05) is 13.7 Å². The maximum absolute atomic E-state index is 12.1. The molecule has 1 aliphatic rings. The average molecular weight is 219 g/mol. The van der Waals surface area contributed by atoms with Crippen molar-refractivity contribution in [3.8, 4) is 5.75 Å². The molecule has 1 amide bonds. The molecule has 1 aromatic carbocycles. The van der Waals surface area contributed by atoms with Gasteiger partial charge in [-0.3, -0.25) is 4.79 Å². The van der Waals surface area contributed by atoms with Gasteiger partial charge in [0.15, 0.2) is 0 Å². The predicted molar refractivity (Wildman–Crippen MR) is 62.7 cm³/mol.